The summed E-state index contributed by atoms with van der Waals surface area (Å²) in [5.41, 5.74) is 2.28. The van der Waals surface area contributed by atoms with Crippen LogP contribution in [0.5, 0.6) is 0 Å². The second kappa shape index (κ2) is 6.12. The zero-order valence-corrected chi connectivity index (χ0v) is 16.4. The van der Waals surface area contributed by atoms with Gasteiger partial charge in [-0.2, -0.15) is 0 Å². The van der Waals surface area contributed by atoms with E-state index in [0.29, 0.717) is 0 Å². The van der Waals surface area contributed by atoms with Crippen LogP contribution in [0, 0.1) is 6.92 Å². The highest BCUT2D eigenvalue weighted by atomic mass is 28.4. The third-order valence-electron chi connectivity index (χ3n) is 5.16. The van der Waals surface area contributed by atoms with Crippen LogP contribution in [0.4, 0.5) is 0 Å². The summed E-state index contributed by atoms with van der Waals surface area (Å²) in [7, 11) is -2.09. The largest absolute Gasteiger partial charge is 0.519 e. The molecule has 23 heavy (non-hydrogen) atoms. The molecule has 0 fully saturated rings. The summed E-state index contributed by atoms with van der Waals surface area (Å²) in [6, 6.07) is 12.4. The number of hydrogen-bond acceptors (Lipinski definition) is 2. The maximum Gasteiger partial charge on any atom is 0.299 e. The first-order valence-corrected chi connectivity index (χ1v) is 11.2. The maximum absolute atomic E-state index is 12.7. The second-order valence-corrected chi connectivity index (χ2v) is 12.6. The van der Waals surface area contributed by atoms with Gasteiger partial charge in [-0.25, -0.2) is 0 Å². The summed E-state index contributed by atoms with van der Waals surface area (Å²) in [6.45, 7) is 14.7. The lowest BCUT2D eigenvalue weighted by Crippen LogP contribution is -2.43. The minimum absolute atomic E-state index is 0.0255. The van der Waals surface area contributed by atoms with E-state index in [-0.39, 0.29) is 16.9 Å². The molecule has 0 amide bonds. The minimum atomic E-state index is -2.09. The highest BCUT2D eigenvalue weighted by Gasteiger charge is 2.41. The monoisotopic (exact) mass is 328 g/mol. The zero-order chi connectivity index (χ0) is 17.4. The molecule has 2 rings (SSSR count). The van der Waals surface area contributed by atoms with Gasteiger partial charge in [0.15, 0.2) is 0 Å². The van der Waals surface area contributed by atoms with Crippen molar-refractivity contribution in [3.05, 3.63) is 47.5 Å². The van der Waals surface area contributed by atoms with Gasteiger partial charge in [-0.15, -0.1) is 0 Å². The van der Waals surface area contributed by atoms with Crippen LogP contribution in [-0.2, 0) is 9.22 Å². The molecule has 0 aliphatic heterocycles. The van der Waals surface area contributed by atoms with Crippen molar-refractivity contribution in [3.8, 4) is 0 Å². The van der Waals surface area contributed by atoms with Gasteiger partial charge in [0.05, 0.1) is 5.92 Å². The Labute approximate surface area is 141 Å². The Morgan fingerprint density at radius 3 is 2.17 bits per heavy atom. The van der Waals surface area contributed by atoms with E-state index in [1.165, 1.54) is 10.9 Å². The number of aryl methyl sites for hydroxylation is 1. The van der Waals surface area contributed by atoms with E-state index in [2.05, 4.69) is 65.1 Å². The Morgan fingerprint density at radius 1 is 1.04 bits per heavy atom. The average Bonchev–Trinajstić information content (AvgIpc) is 2.45. The molecule has 0 heterocycles. The molecule has 124 valence electrons. The third-order valence-corrected chi connectivity index (χ3v) is 9.48. The summed E-state index contributed by atoms with van der Waals surface area (Å²) >= 11 is 0. The summed E-state index contributed by atoms with van der Waals surface area (Å²) in [4.78, 5) is 12.7. The van der Waals surface area contributed by atoms with E-state index >= 15 is 0 Å². The number of rotatable bonds is 3. The molecule has 0 saturated heterocycles. The first-order valence-electron chi connectivity index (χ1n) is 8.26. The van der Waals surface area contributed by atoms with Crippen molar-refractivity contribution in [2.24, 2.45) is 0 Å². The van der Waals surface area contributed by atoms with Gasteiger partial charge in [0.1, 0.15) is 0 Å². The molecule has 3 heteroatoms. The molecule has 2 aromatic rings. The third kappa shape index (κ3) is 3.50. The average molecular weight is 329 g/mol. The summed E-state index contributed by atoms with van der Waals surface area (Å²) < 4.78 is 6.00. The molecule has 1 atom stereocenters. The fraction of sp³-hybridized carbons (Fsp3) is 0.450. The van der Waals surface area contributed by atoms with E-state index in [1.807, 2.05) is 19.1 Å². The molecule has 0 aromatic heterocycles. The predicted molar refractivity (Wildman–Crippen MR) is 100 cm³/mol. The van der Waals surface area contributed by atoms with Crippen LogP contribution in [0.2, 0.25) is 18.1 Å². The lowest BCUT2D eigenvalue weighted by atomic mass is 9.93. The molecular weight excluding hydrogens is 300 g/mol. The zero-order valence-electron chi connectivity index (χ0n) is 15.4. The number of carbonyl (C=O) groups excluding carboxylic acids is 1. The van der Waals surface area contributed by atoms with E-state index in [9.17, 15) is 4.79 Å². The van der Waals surface area contributed by atoms with Crippen molar-refractivity contribution in [2.45, 2.75) is 58.7 Å². The lowest BCUT2D eigenvalue weighted by Gasteiger charge is -2.36. The van der Waals surface area contributed by atoms with Gasteiger partial charge in [-0.1, -0.05) is 57.2 Å². The molecule has 0 radical (unpaired) electrons. The molecule has 2 nitrogen and oxygen atoms in total. The molecule has 0 aliphatic rings. The van der Waals surface area contributed by atoms with Crippen molar-refractivity contribution >= 4 is 25.1 Å². The van der Waals surface area contributed by atoms with Crippen LogP contribution in [0.25, 0.3) is 10.8 Å². The van der Waals surface area contributed by atoms with Crippen LogP contribution in [0.15, 0.2) is 36.4 Å². The minimum Gasteiger partial charge on any atom is -0.519 e. The molecule has 0 saturated carbocycles. The number of benzene rings is 2. The number of fused-ring (bicyclic) bond motifs is 1. The Bertz CT molecular complexity index is 726. The molecule has 2 aromatic carbocycles. The van der Waals surface area contributed by atoms with E-state index in [4.69, 9.17) is 4.43 Å². The van der Waals surface area contributed by atoms with Crippen molar-refractivity contribution in [2.75, 3.05) is 0 Å². The predicted octanol–water partition coefficient (Wildman–Crippen LogP) is 5.80. The van der Waals surface area contributed by atoms with E-state index < -0.39 is 8.32 Å². The van der Waals surface area contributed by atoms with Crippen LogP contribution in [0.3, 0.4) is 0 Å². The van der Waals surface area contributed by atoms with Gasteiger partial charge in [0, 0.05) is 0 Å². The molecule has 0 aliphatic carbocycles. The number of carbonyl (C=O) groups is 1. The summed E-state index contributed by atoms with van der Waals surface area (Å²) in [5.74, 6) is -0.361. The van der Waals surface area contributed by atoms with Crippen LogP contribution < -0.4 is 0 Å². The quantitative estimate of drug-likeness (QED) is 0.666. The normalized spacial score (nSPS) is 13.9. The van der Waals surface area contributed by atoms with E-state index in [1.54, 1.807) is 0 Å². The lowest BCUT2D eigenvalue weighted by molar-refractivity contribution is -0.136. The molecular formula is C20H28O2Si. The van der Waals surface area contributed by atoms with Gasteiger partial charge in [-0.05, 0) is 53.9 Å². The molecule has 0 N–H and O–H groups in total. The van der Waals surface area contributed by atoms with Crippen molar-refractivity contribution < 1.29 is 9.22 Å². The molecule has 0 unspecified atom stereocenters. The topological polar surface area (TPSA) is 26.3 Å². The van der Waals surface area contributed by atoms with Gasteiger partial charge >= 0.3 is 0 Å². The Hall–Kier alpha value is -1.61. The summed E-state index contributed by atoms with van der Waals surface area (Å²) in [6.07, 6.45) is 0. The summed E-state index contributed by atoms with van der Waals surface area (Å²) in [5, 5.41) is 2.38. The van der Waals surface area contributed by atoms with Crippen molar-refractivity contribution in [1.29, 1.82) is 0 Å². The van der Waals surface area contributed by atoms with Gasteiger partial charge < -0.3 is 4.43 Å². The fourth-order valence-corrected chi connectivity index (χ4v) is 3.46. The molecule has 0 bridgehead atoms. The highest BCUT2D eigenvalue weighted by molar-refractivity contribution is 6.75. The Balaban J connectivity index is 2.36. The van der Waals surface area contributed by atoms with Crippen molar-refractivity contribution in [1.82, 2.24) is 0 Å². The van der Waals surface area contributed by atoms with Gasteiger partial charge in [0.2, 0.25) is 0 Å². The SMILES string of the molecule is Cc1ccc([C@@H](C)C(=O)O[Si](C)(C)C(C)(C)C)c2ccccc12. The second-order valence-electron chi connectivity index (χ2n) is 7.92. The van der Waals surface area contributed by atoms with Crippen LogP contribution in [0.1, 0.15) is 44.7 Å². The Morgan fingerprint density at radius 2 is 1.61 bits per heavy atom. The van der Waals surface area contributed by atoms with Crippen molar-refractivity contribution in [3.63, 3.8) is 0 Å². The van der Waals surface area contributed by atoms with E-state index in [0.717, 1.165) is 10.9 Å². The maximum atomic E-state index is 12.7. The molecule has 0 spiro atoms. The van der Waals surface area contributed by atoms with Crippen LogP contribution >= 0.6 is 0 Å². The number of hydrogen-bond donors (Lipinski definition) is 0. The van der Waals surface area contributed by atoms with Gasteiger partial charge in [-0.3, -0.25) is 4.79 Å². The Kier molecular flexibility index (Phi) is 4.72. The first-order chi connectivity index (χ1) is 10.5. The van der Waals surface area contributed by atoms with Crippen LogP contribution in [-0.4, -0.2) is 14.3 Å². The van der Waals surface area contributed by atoms with Gasteiger partial charge in [0.25, 0.3) is 14.3 Å². The first kappa shape index (κ1) is 17.7. The fourth-order valence-electron chi connectivity index (χ4n) is 2.47. The smallest absolute Gasteiger partial charge is 0.299 e. The highest BCUT2D eigenvalue weighted by Crippen LogP contribution is 2.38. The standard InChI is InChI=1S/C20H28O2Si/c1-14-12-13-17(18-11-9-8-10-16(14)18)15(2)19(21)22-23(6,7)20(3,4)5/h8-13,15H,1-7H3/t15-/m1/s1.